The Balaban J connectivity index is 1.64. The Bertz CT molecular complexity index is 1050. The molecule has 2 aromatic rings. The normalized spacial score (nSPS) is 19.1. The van der Waals surface area contributed by atoms with Crippen molar-refractivity contribution in [3.8, 4) is 5.75 Å². The van der Waals surface area contributed by atoms with Gasteiger partial charge in [-0.25, -0.2) is 9.03 Å². The summed E-state index contributed by atoms with van der Waals surface area (Å²) in [6.07, 6.45) is 2.20. The van der Waals surface area contributed by atoms with E-state index >= 15 is 0 Å². The summed E-state index contributed by atoms with van der Waals surface area (Å²) >= 11 is 0. The lowest BCUT2D eigenvalue weighted by Crippen LogP contribution is -2.29. The van der Waals surface area contributed by atoms with Gasteiger partial charge in [0.15, 0.2) is 0 Å². The zero-order valence-electron chi connectivity index (χ0n) is 14.5. The van der Waals surface area contributed by atoms with Crippen LogP contribution in [0.4, 0.5) is 5.69 Å². The molecule has 2 amide bonds. The van der Waals surface area contributed by atoms with E-state index in [1.54, 1.807) is 6.07 Å². The maximum atomic E-state index is 12.1. The minimum absolute atomic E-state index is 0.0627. The fourth-order valence-electron chi connectivity index (χ4n) is 3.54. The molecule has 0 aliphatic carbocycles. The Labute approximate surface area is 156 Å². The third kappa shape index (κ3) is 3.30. The van der Waals surface area contributed by atoms with Crippen molar-refractivity contribution in [3.05, 3.63) is 35.9 Å². The molecular formula is C18H19N3O5S. The number of fused-ring (bicyclic) bond motifs is 1. The highest BCUT2D eigenvalue weighted by Crippen LogP contribution is 2.35. The molecule has 4 rings (SSSR count). The molecular weight excluding hydrogens is 370 g/mol. The second-order valence-corrected chi connectivity index (χ2v) is 8.39. The van der Waals surface area contributed by atoms with Gasteiger partial charge < -0.3 is 10.0 Å². The average Bonchev–Trinajstić information content (AvgIpc) is 3.13. The SMILES string of the molecule is O=C1CN(c2cc3cc(CCN4CCCC4=O)ccc3cc2O)S(=O)(=O)N1. The standard InChI is InChI=1S/C18H19N3O5S/c22-16-10-13-4-3-12(5-7-20-6-1-2-18(20)24)8-14(13)9-15(16)21-11-17(23)19-27(21,25)26/h3-4,8-10,22H,1-2,5-7,11H2,(H,19,23). The van der Waals surface area contributed by atoms with E-state index in [-0.39, 0.29) is 23.9 Å². The number of carbonyl (C=O) groups is 2. The van der Waals surface area contributed by atoms with Gasteiger partial charge in [0.05, 0.1) is 5.69 Å². The Morgan fingerprint density at radius 2 is 1.93 bits per heavy atom. The van der Waals surface area contributed by atoms with Gasteiger partial charge in [-0.05, 0) is 41.3 Å². The van der Waals surface area contributed by atoms with Gasteiger partial charge >= 0.3 is 10.2 Å². The molecule has 2 aliphatic rings. The minimum atomic E-state index is -3.99. The van der Waals surface area contributed by atoms with E-state index in [9.17, 15) is 23.1 Å². The van der Waals surface area contributed by atoms with Crippen LogP contribution in [0.25, 0.3) is 10.8 Å². The average molecular weight is 389 g/mol. The lowest BCUT2D eigenvalue weighted by atomic mass is 10.0. The Hall–Kier alpha value is -2.81. The number of nitrogens with one attached hydrogen (secondary N) is 1. The van der Waals surface area contributed by atoms with Crippen LogP contribution < -0.4 is 9.03 Å². The zero-order chi connectivity index (χ0) is 19.2. The molecule has 2 saturated heterocycles. The van der Waals surface area contributed by atoms with Crippen LogP contribution in [0, 0.1) is 0 Å². The summed E-state index contributed by atoms with van der Waals surface area (Å²) in [6, 6.07) is 8.74. The predicted molar refractivity (Wildman–Crippen MR) is 99.5 cm³/mol. The molecule has 0 bridgehead atoms. The van der Waals surface area contributed by atoms with Crippen LogP contribution in [0.1, 0.15) is 18.4 Å². The summed E-state index contributed by atoms with van der Waals surface area (Å²) in [4.78, 5) is 25.0. The number of carbonyl (C=O) groups excluding carboxylic acids is 2. The first-order valence-corrected chi connectivity index (χ1v) is 10.1. The van der Waals surface area contributed by atoms with E-state index in [1.165, 1.54) is 6.07 Å². The fourth-order valence-corrected chi connectivity index (χ4v) is 4.70. The molecule has 2 heterocycles. The first-order chi connectivity index (χ1) is 12.8. The molecule has 2 fully saturated rings. The molecule has 2 aromatic carbocycles. The van der Waals surface area contributed by atoms with Crippen LogP contribution in [-0.2, 0) is 26.2 Å². The second-order valence-electron chi connectivity index (χ2n) is 6.79. The van der Waals surface area contributed by atoms with E-state index < -0.39 is 16.1 Å². The predicted octanol–water partition coefficient (Wildman–Crippen LogP) is 0.891. The molecule has 0 saturated carbocycles. The molecule has 0 unspecified atom stereocenters. The first kappa shape index (κ1) is 17.6. The first-order valence-electron chi connectivity index (χ1n) is 8.70. The van der Waals surface area contributed by atoms with Crippen molar-refractivity contribution in [2.24, 2.45) is 0 Å². The maximum Gasteiger partial charge on any atom is 0.326 e. The third-order valence-corrected chi connectivity index (χ3v) is 6.32. The highest BCUT2D eigenvalue weighted by atomic mass is 32.2. The van der Waals surface area contributed by atoms with Gasteiger partial charge in [0.1, 0.15) is 12.3 Å². The molecule has 0 radical (unpaired) electrons. The van der Waals surface area contributed by atoms with E-state index in [4.69, 9.17) is 0 Å². The number of likely N-dealkylation sites (tertiary alicyclic amines) is 1. The monoisotopic (exact) mass is 389 g/mol. The molecule has 2 aliphatic heterocycles. The van der Waals surface area contributed by atoms with Crippen molar-refractivity contribution < 1.29 is 23.1 Å². The summed E-state index contributed by atoms with van der Waals surface area (Å²) in [5.74, 6) is -0.670. The summed E-state index contributed by atoms with van der Waals surface area (Å²) in [5.41, 5.74) is 1.07. The van der Waals surface area contributed by atoms with Crippen molar-refractivity contribution in [1.29, 1.82) is 0 Å². The number of nitrogens with zero attached hydrogens (tertiary/aromatic N) is 2. The number of anilines is 1. The lowest BCUT2D eigenvalue weighted by molar-refractivity contribution is -0.127. The number of benzene rings is 2. The molecule has 9 heteroatoms. The molecule has 142 valence electrons. The van der Waals surface area contributed by atoms with Gasteiger partial charge in [-0.1, -0.05) is 18.2 Å². The Kier molecular flexibility index (Phi) is 4.18. The van der Waals surface area contributed by atoms with Crippen LogP contribution in [0.3, 0.4) is 0 Å². The van der Waals surface area contributed by atoms with Gasteiger partial charge in [0.2, 0.25) is 5.91 Å². The number of hydrogen-bond acceptors (Lipinski definition) is 5. The maximum absolute atomic E-state index is 12.1. The number of aromatic hydroxyl groups is 1. The van der Waals surface area contributed by atoms with Gasteiger partial charge in [0, 0.05) is 19.5 Å². The number of phenols is 1. The van der Waals surface area contributed by atoms with Crippen molar-refractivity contribution in [2.75, 3.05) is 23.9 Å². The molecule has 0 atom stereocenters. The minimum Gasteiger partial charge on any atom is -0.506 e. The Morgan fingerprint density at radius 3 is 2.59 bits per heavy atom. The van der Waals surface area contributed by atoms with Gasteiger partial charge in [-0.3, -0.25) is 9.59 Å². The second kappa shape index (κ2) is 6.41. The Morgan fingerprint density at radius 1 is 1.11 bits per heavy atom. The number of hydrogen-bond donors (Lipinski definition) is 2. The molecule has 0 aromatic heterocycles. The van der Waals surface area contributed by atoms with Crippen LogP contribution >= 0.6 is 0 Å². The van der Waals surface area contributed by atoms with Crippen molar-refractivity contribution in [2.45, 2.75) is 19.3 Å². The van der Waals surface area contributed by atoms with Crippen LogP contribution in [0.15, 0.2) is 30.3 Å². The fraction of sp³-hybridized carbons (Fsp3) is 0.333. The highest BCUT2D eigenvalue weighted by Gasteiger charge is 2.35. The van der Waals surface area contributed by atoms with Crippen LogP contribution in [-0.4, -0.2) is 49.9 Å². The summed E-state index contributed by atoms with van der Waals surface area (Å²) in [5, 5.41) is 11.8. The third-order valence-electron chi connectivity index (χ3n) is 4.93. The lowest BCUT2D eigenvalue weighted by Gasteiger charge is -2.18. The topological polar surface area (TPSA) is 107 Å². The van der Waals surface area contributed by atoms with Crippen molar-refractivity contribution >= 4 is 38.5 Å². The van der Waals surface area contributed by atoms with Gasteiger partial charge in [-0.2, -0.15) is 8.42 Å². The van der Waals surface area contributed by atoms with Crippen LogP contribution in [0.5, 0.6) is 5.75 Å². The summed E-state index contributed by atoms with van der Waals surface area (Å²) in [6.45, 7) is 1.07. The van der Waals surface area contributed by atoms with E-state index in [1.807, 2.05) is 27.8 Å². The van der Waals surface area contributed by atoms with Crippen molar-refractivity contribution in [1.82, 2.24) is 9.62 Å². The largest absolute Gasteiger partial charge is 0.506 e. The molecule has 2 N–H and O–H groups in total. The van der Waals surface area contributed by atoms with Gasteiger partial charge in [0.25, 0.3) is 5.91 Å². The highest BCUT2D eigenvalue weighted by molar-refractivity contribution is 7.92. The van der Waals surface area contributed by atoms with E-state index in [2.05, 4.69) is 0 Å². The molecule has 8 nitrogen and oxygen atoms in total. The van der Waals surface area contributed by atoms with Gasteiger partial charge in [-0.15, -0.1) is 0 Å². The summed E-state index contributed by atoms with van der Waals surface area (Å²) in [7, 11) is -3.99. The van der Waals surface area contributed by atoms with E-state index in [0.29, 0.717) is 19.4 Å². The smallest absolute Gasteiger partial charge is 0.326 e. The zero-order valence-corrected chi connectivity index (χ0v) is 15.3. The number of rotatable bonds is 4. The van der Waals surface area contributed by atoms with E-state index in [0.717, 1.165) is 33.6 Å². The van der Waals surface area contributed by atoms with Crippen LogP contribution in [0.2, 0.25) is 0 Å². The quantitative estimate of drug-likeness (QED) is 0.808. The number of phenolic OH excluding ortho intramolecular Hbond substituents is 1. The number of amides is 2. The van der Waals surface area contributed by atoms with Crippen molar-refractivity contribution in [3.63, 3.8) is 0 Å². The molecule has 0 spiro atoms. The summed E-state index contributed by atoms with van der Waals surface area (Å²) < 4.78 is 26.9. The molecule has 27 heavy (non-hydrogen) atoms.